The highest BCUT2D eigenvalue weighted by atomic mass is 35.5. The Labute approximate surface area is 109 Å². The van der Waals surface area contributed by atoms with Gasteiger partial charge >= 0.3 is 0 Å². The van der Waals surface area contributed by atoms with Gasteiger partial charge in [0.25, 0.3) is 0 Å². The summed E-state index contributed by atoms with van der Waals surface area (Å²) in [5, 5.41) is 0.776. The molecule has 3 heteroatoms. The molecule has 0 saturated carbocycles. The highest BCUT2D eigenvalue weighted by molar-refractivity contribution is 6.32. The van der Waals surface area contributed by atoms with Crippen LogP contribution >= 0.6 is 11.6 Å². The van der Waals surface area contributed by atoms with Crippen LogP contribution < -0.4 is 10.5 Å². The van der Waals surface area contributed by atoms with E-state index < -0.39 is 5.54 Å². The van der Waals surface area contributed by atoms with Crippen LogP contribution in [0.4, 0.5) is 0 Å². The largest absolute Gasteiger partial charge is 0.496 e. The molecule has 0 aromatic heterocycles. The Morgan fingerprint density at radius 2 is 1.88 bits per heavy atom. The van der Waals surface area contributed by atoms with Gasteiger partial charge in [0.05, 0.1) is 7.11 Å². The zero-order chi connectivity index (χ0) is 13.4. The van der Waals surface area contributed by atoms with Gasteiger partial charge < -0.3 is 10.5 Å². The summed E-state index contributed by atoms with van der Waals surface area (Å²) in [6, 6.07) is 1.96. The van der Waals surface area contributed by atoms with E-state index in [0.717, 1.165) is 27.5 Å². The molecule has 2 N–H and O–H groups in total. The van der Waals surface area contributed by atoms with E-state index in [1.165, 1.54) is 0 Å². The van der Waals surface area contributed by atoms with Crippen molar-refractivity contribution in [2.75, 3.05) is 7.11 Å². The number of hydrogen-bond donors (Lipinski definition) is 1. The van der Waals surface area contributed by atoms with Crippen molar-refractivity contribution < 1.29 is 4.74 Å². The van der Waals surface area contributed by atoms with Crippen molar-refractivity contribution in [1.29, 1.82) is 0 Å². The van der Waals surface area contributed by atoms with Crippen LogP contribution in [-0.2, 0) is 5.54 Å². The Bertz CT molecular complexity index is 425. The van der Waals surface area contributed by atoms with Crippen molar-refractivity contribution in [2.45, 2.75) is 40.2 Å². The maximum absolute atomic E-state index is 6.44. The number of rotatable bonds is 3. The van der Waals surface area contributed by atoms with Crippen LogP contribution in [0.2, 0.25) is 5.02 Å². The van der Waals surface area contributed by atoms with E-state index in [1.54, 1.807) is 7.11 Å². The van der Waals surface area contributed by atoms with Gasteiger partial charge in [-0.05, 0) is 43.9 Å². The lowest BCUT2D eigenvalue weighted by atomic mass is 9.79. The van der Waals surface area contributed by atoms with Gasteiger partial charge in [-0.25, -0.2) is 0 Å². The molecule has 0 bridgehead atoms. The first kappa shape index (κ1) is 14.3. The molecule has 1 rings (SSSR count). The summed E-state index contributed by atoms with van der Waals surface area (Å²) in [6.45, 7) is 10.2. The summed E-state index contributed by atoms with van der Waals surface area (Å²) in [4.78, 5) is 0. The normalized spacial score (nSPS) is 14.9. The Morgan fingerprint density at radius 3 is 2.29 bits per heavy atom. The lowest BCUT2D eigenvalue weighted by Gasteiger charge is -2.33. The van der Waals surface area contributed by atoms with Crippen molar-refractivity contribution in [3.8, 4) is 5.75 Å². The SMILES string of the molecule is COc1cc(C)c(Cl)c(C)c1C(C)(N)C(C)C. The quantitative estimate of drug-likeness (QED) is 0.892. The maximum atomic E-state index is 6.44. The van der Waals surface area contributed by atoms with E-state index >= 15 is 0 Å². The minimum absolute atomic E-state index is 0.300. The van der Waals surface area contributed by atoms with Crippen LogP contribution in [0.1, 0.15) is 37.5 Å². The molecule has 1 unspecified atom stereocenters. The summed E-state index contributed by atoms with van der Waals surface area (Å²) in [5.41, 5.74) is 9.03. The smallest absolute Gasteiger partial charge is 0.124 e. The average molecular weight is 256 g/mol. The minimum Gasteiger partial charge on any atom is -0.496 e. The zero-order valence-corrected chi connectivity index (χ0v) is 12.3. The fourth-order valence-electron chi connectivity index (χ4n) is 2.04. The summed E-state index contributed by atoms with van der Waals surface area (Å²) >= 11 is 6.31. The number of halogens is 1. The summed E-state index contributed by atoms with van der Waals surface area (Å²) in [7, 11) is 1.67. The van der Waals surface area contributed by atoms with Gasteiger partial charge in [0, 0.05) is 16.1 Å². The van der Waals surface area contributed by atoms with Crippen molar-refractivity contribution in [1.82, 2.24) is 0 Å². The monoisotopic (exact) mass is 255 g/mol. The Balaban J connectivity index is 3.57. The van der Waals surface area contributed by atoms with Crippen LogP contribution in [0.5, 0.6) is 5.75 Å². The van der Waals surface area contributed by atoms with E-state index in [2.05, 4.69) is 13.8 Å². The van der Waals surface area contributed by atoms with E-state index in [4.69, 9.17) is 22.1 Å². The number of aryl methyl sites for hydroxylation is 1. The van der Waals surface area contributed by atoms with E-state index in [0.29, 0.717) is 5.92 Å². The third kappa shape index (κ3) is 2.43. The molecular formula is C14H22ClNO. The first-order valence-electron chi connectivity index (χ1n) is 5.86. The number of nitrogens with two attached hydrogens (primary N) is 1. The first-order chi connectivity index (χ1) is 7.73. The molecule has 0 saturated heterocycles. The van der Waals surface area contributed by atoms with Crippen molar-refractivity contribution >= 4 is 11.6 Å². The topological polar surface area (TPSA) is 35.2 Å². The molecule has 1 atom stereocenters. The molecule has 96 valence electrons. The lowest BCUT2D eigenvalue weighted by Crippen LogP contribution is -2.39. The molecule has 0 radical (unpaired) electrons. The molecule has 0 aliphatic heterocycles. The third-order valence-corrected chi connectivity index (χ3v) is 4.18. The molecule has 1 aromatic rings. The second kappa shape index (κ2) is 4.87. The highest BCUT2D eigenvalue weighted by Crippen LogP contribution is 2.40. The van der Waals surface area contributed by atoms with Gasteiger partial charge in [-0.1, -0.05) is 25.4 Å². The van der Waals surface area contributed by atoms with Crippen molar-refractivity contribution in [3.63, 3.8) is 0 Å². The molecule has 0 spiro atoms. The van der Waals surface area contributed by atoms with Crippen LogP contribution in [0.25, 0.3) is 0 Å². The number of ether oxygens (including phenoxy) is 1. The van der Waals surface area contributed by atoms with Crippen molar-refractivity contribution in [2.24, 2.45) is 11.7 Å². The molecule has 0 amide bonds. The number of methoxy groups -OCH3 is 1. The standard InChI is InChI=1S/C14H22ClNO/c1-8(2)14(5,16)12-10(4)13(15)9(3)7-11(12)17-6/h7-8H,16H2,1-6H3. The van der Waals surface area contributed by atoms with Gasteiger partial charge in [-0.15, -0.1) is 0 Å². The Hall–Kier alpha value is -0.730. The predicted octanol–water partition coefficient (Wildman–Crippen LogP) is 3.80. The molecule has 2 nitrogen and oxygen atoms in total. The van der Waals surface area contributed by atoms with E-state index in [1.807, 2.05) is 26.8 Å². The Morgan fingerprint density at radius 1 is 1.35 bits per heavy atom. The third-order valence-electron chi connectivity index (χ3n) is 3.60. The van der Waals surface area contributed by atoms with Gasteiger partial charge in [0.1, 0.15) is 5.75 Å². The maximum Gasteiger partial charge on any atom is 0.124 e. The number of hydrogen-bond acceptors (Lipinski definition) is 2. The van der Waals surface area contributed by atoms with E-state index in [9.17, 15) is 0 Å². The minimum atomic E-state index is -0.452. The molecule has 0 aliphatic rings. The Kier molecular flexibility index (Phi) is 4.11. The lowest BCUT2D eigenvalue weighted by molar-refractivity contribution is 0.324. The summed E-state index contributed by atoms with van der Waals surface area (Å²) < 4.78 is 5.46. The second-order valence-corrected chi connectivity index (χ2v) is 5.53. The van der Waals surface area contributed by atoms with Gasteiger partial charge in [0.15, 0.2) is 0 Å². The fraction of sp³-hybridized carbons (Fsp3) is 0.571. The molecule has 0 fully saturated rings. The summed E-state index contributed by atoms with van der Waals surface area (Å²) in [5.74, 6) is 1.12. The van der Waals surface area contributed by atoms with Gasteiger partial charge in [0.2, 0.25) is 0 Å². The van der Waals surface area contributed by atoms with Gasteiger partial charge in [-0.2, -0.15) is 0 Å². The molecule has 1 aromatic carbocycles. The fourth-order valence-corrected chi connectivity index (χ4v) is 2.19. The van der Waals surface area contributed by atoms with Crippen molar-refractivity contribution in [3.05, 3.63) is 27.8 Å². The molecule has 0 heterocycles. The van der Waals surface area contributed by atoms with Crippen LogP contribution in [-0.4, -0.2) is 7.11 Å². The summed E-state index contributed by atoms with van der Waals surface area (Å²) in [6.07, 6.45) is 0. The first-order valence-corrected chi connectivity index (χ1v) is 6.24. The van der Waals surface area contributed by atoms with Crippen LogP contribution in [0, 0.1) is 19.8 Å². The average Bonchev–Trinajstić information content (AvgIpc) is 2.24. The highest BCUT2D eigenvalue weighted by Gasteiger charge is 2.31. The van der Waals surface area contributed by atoms with Crippen LogP contribution in [0.15, 0.2) is 6.07 Å². The predicted molar refractivity (Wildman–Crippen MR) is 73.9 cm³/mol. The zero-order valence-electron chi connectivity index (χ0n) is 11.5. The molecule has 17 heavy (non-hydrogen) atoms. The number of benzene rings is 1. The second-order valence-electron chi connectivity index (χ2n) is 5.15. The molecular weight excluding hydrogens is 234 g/mol. The van der Waals surface area contributed by atoms with Gasteiger partial charge in [-0.3, -0.25) is 0 Å². The molecule has 0 aliphatic carbocycles. The van der Waals surface area contributed by atoms with E-state index in [-0.39, 0.29) is 0 Å². The van der Waals surface area contributed by atoms with Crippen LogP contribution in [0.3, 0.4) is 0 Å².